The number of benzene rings is 3. The highest BCUT2D eigenvalue weighted by Crippen LogP contribution is 2.24. The fourth-order valence-corrected chi connectivity index (χ4v) is 3.60. The van der Waals surface area contributed by atoms with E-state index in [-0.39, 0.29) is 18.7 Å². The molecule has 4 rings (SSSR count). The molecule has 0 aliphatic rings. The lowest BCUT2D eigenvalue weighted by atomic mass is 10.0. The number of hydrogen-bond acceptors (Lipinski definition) is 6. The van der Waals surface area contributed by atoms with Gasteiger partial charge < -0.3 is 19.2 Å². The number of esters is 1. The predicted molar refractivity (Wildman–Crippen MR) is 129 cm³/mol. The van der Waals surface area contributed by atoms with E-state index >= 15 is 0 Å². The summed E-state index contributed by atoms with van der Waals surface area (Å²) in [7, 11) is 1.54. The Morgan fingerprint density at radius 1 is 0.941 bits per heavy atom. The van der Waals surface area contributed by atoms with E-state index in [4.69, 9.17) is 13.9 Å². The second kappa shape index (κ2) is 10.0. The van der Waals surface area contributed by atoms with Crippen molar-refractivity contribution in [3.63, 3.8) is 0 Å². The third-order valence-corrected chi connectivity index (χ3v) is 5.45. The molecule has 0 saturated heterocycles. The highest BCUT2D eigenvalue weighted by molar-refractivity contribution is 6.04. The molecular formula is C27H23NO6. The van der Waals surface area contributed by atoms with E-state index in [1.54, 1.807) is 67.8 Å². The second-order valence-electron chi connectivity index (χ2n) is 7.67. The van der Waals surface area contributed by atoms with E-state index in [2.05, 4.69) is 5.32 Å². The molecule has 0 unspecified atom stereocenters. The first-order chi connectivity index (χ1) is 16.4. The van der Waals surface area contributed by atoms with Gasteiger partial charge in [-0.1, -0.05) is 18.2 Å². The molecule has 1 amide bonds. The molecule has 0 saturated carbocycles. The molecule has 0 aliphatic heterocycles. The number of amides is 1. The summed E-state index contributed by atoms with van der Waals surface area (Å²) in [5, 5.41) is 3.58. The first kappa shape index (κ1) is 22.8. The molecule has 0 radical (unpaired) electrons. The fourth-order valence-electron chi connectivity index (χ4n) is 3.60. The number of fused-ring (bicyclic) bond motifs is 1. The van der Waals surface area contributed by atoms with Gasteiger partial charge in [0.25, 0.3) is 5.91 Å². The van der Waals surface area contributed by atoms with E-state index in [0.29, 0.717) is 33.9 Å². The Labute approximate surface area is 195 Å². The van der Waals surface area contributed by atoms with Gasteiger partial charge in [-0.15, -0.1) is 0 Å². The van der Waals surface area contributed by atoms with Crippen LogP contribution in [0.2, 0.25) is 0 Å². The van der Waals surface area contributed by atoms with Crippen molar-refractivity contribution in [3.8, 4) is 11.5 Å². The van der Waals surface area contributed by atoms with Crippen molar-refractivity contribution in [2.24, 2.45) is 0 Å². The van der Waals surface area contributed by atoms with Crippen LogP contribution in [0.1, 0.15) is 27.9 Å². The standard InChI is InChI=1S/C27H23NO6/c1-17-22-13-12-21(32-2)16-24(22)34-27(31)23(17)14-15-25(29)33-20-10-8-19(9-11-20)28-26(30)18-6-4-3-5-7-18/h3-13,16H,14-15H2,1-2H3,(H,28,30). The van der Waals surface area contributed by atoms with Gasteiger partial charge in [0.05, 0.1) is 13.5 Å². The van der Waals surface area contributed by atoms with Gasteiger partial charge in [-0.25, -0.2) is 4.79 Å². The van der Waals surface area contributed by atoms with Gasteiger partial charge in [-0.2, -0.15) is 0 Å². The zero-order chi connectivity index (χ0) is 24.1. The van der Waals surface area contributed by atoms with Gasteiger partial charge >= 0.3 is 11.6 Å². The van der Waals surface area contributed by atoms with Crippen LogP contribution in [-0.2, 0) is 11.2 Å². The van der Waals surface area contributed by atoms with Crippen molar-refractivity contribution >= 4 is 28.5 Å². The molecule has 1 N–H and O–H groups in total. The van der Waals surface area contributed by atoms with Crippen molar-refractivity contribution in [2.75, 3.05) is 12.4 Å². The van der Waals surface area contributed by atoms with Crippen LogP contribution in [0.3, 0.4) is 0 Å². The van der Waals surface area contributed by atoms with Crippen LogP contribution in [0, 0.1) is 6.92 Å². The number of carbonyl (C=O) groups is 2. The van der Waals surface area contributed by atoms with E-state index in [0.717, 1.165) is 10.9 Å². The number of hydrogen-bond donors (Lipinski definition) is 1. The van der Waals surface area contributed by atoms with Gasteiger partial charge in [0.1, 0.15) is 17.1 Å². The maximum atomic E-state index is 12.5. The molecule has 4 aromatic rings. The zero-order valence-corrected chi connectivity index (χ0v) is 18.8. The predicted octanol–water partition coefficient (Wildman–Crippen LogP) is 4.90. The third-order valence-electron chi connectivity index (χ3n) is 5.45. The summed E-state index contributed by atoms with van der Waals surface area (Å²) >= 11 is 0. The summed E-state index contributed by atoms with van der Waals surface area (Å²) < 4.78 is 16.0. The van der Waals surface area contributed by atoms with E-state index < -0.39 is 11.6 Å². The average molecular weight is 457 g/mol. The van der Waals surface area contributed by atoms with Crippen molar-refractivity contribution in [1.29, 1.82) is 0 Å². The van der Waals surface area contributed by atoms with E-state index in [9.17, 15) is 14.4 Å². The van der Waals surface area contributed by atoms with Gasteiger partial charge in [-0.3, -0.25) is 9.59 Å². The molecule has 1 aromatic heterocycles. The van der Waals surface area contributed by atoms with E-state index in [1.807, 2.05) is 19.1 Å². The minimum absolute atomic E-state index is 0.0136. The molecule has 34 heavy (non-hydrogen) atoms. The molecule has 172 valence electrons. The lowest BCUT2D eigenvalue weighted by molar-refractivity contribution is -0.134. The van der Waals surface area contributed by atoms with Crippen LogP contribution in [0.25, 0.3) is 11.0 Å². The van der Waals surface area contributed by atoms with Gasteiger partial charge in [0, 0.05) is 28.3 Å². The number of aryl methyl sites for hydroxylation is 1. The minimum Gasteiger partial charge on any atom is -0.497 e. The van der Waals surface area contributed by atoms with Crippen molar-refractivity contribution in [1.82, 2.24) is 0 Å². The second-order valence-corrected chi connectivity index (χ2v) is 7.67. The van der Waals surface area contributed by atoms with Crippen LogP contribution in [0.15, 0.2) is 82.0 Å². The maximum absolute atomic E-state index is 12.5. The molecule has 7 nitrogen and oxygen atoms in total. The molecule has 0 spiro atoms. The van der Waals surface area contributed by atoms with Crippen LogP contribution < -0.4 is 20.4 Å². The van der Waals surface area contributed by atoms with Gasteiger partial charge in [0.2, 0.25) is 0 Å². The Kier molecular flexibility index (Phi) is 6.73. The number of ether oxygens (including phenoxy) is 2. The highest BCUT2D eigenvalue weighted by Gasteiger charge is 2.15. The smallest absolute Gasteiger partial charge is 0.339 e. The largest absolute Gasteiger partial charge is 0.497 e. The Hall–Kier alpha value is -4.39. The lowest BCUT2D eigenvalue weighted by Gasteiger charge is -2.09. The summed E-state index contributed by atoms with van der Waals surface area (Å²) in [6.07, 6.45) is 0.208. The number of methoxy groups -OCH3 is 1. The van der Waals surface area contributed by atoms with Crippen molar-refractivity contribution in [3.05, 3.63) is 99.9 Å². The fraction of sp³-hybridized carbons (Fsp3) is 0.148. The molecule has 0 aliphatic carbocycles. The van der Waals surface area contributed by atoms with Crippen LogP contribution in [0.5, 0.6) is 11.5 Å². The summed E-state index contributed by atoms with van der Waals surface area (Å²) in [5.74, 6) is 0.233. The molecule has 1 heterocycles. The monoisotopic (exact) mass is 457 g/mol. The first-order valence-corrected chi connectivity index (χ1v) is 10.7. The Morgan fingerprint density at radius 2 is 1.65 bits per heavy atom. The first-order valence-electron chi connectivity index (χ1n) is 10.7. The Bertz CT molecular complexity index is 1390. The summed E-state index contributed by atoms with van der Waals surface area (Å²) in [6, 6.07) is 20.6. The number of carbonyl (C=O) groups excluding carboxylic acids is 2. The summed E-state index contributed by atoms with van der Waals surface area (Å²) in [5.41, 5.74) is 2.28. The third kappa shape index (κ3) is 5.15. The van der Waals surface area contributed by atoms with Crippen LogP contribution in [-0.4, -0.2) is 19.0 Å². The molecule has 0 atom stereocenters. The van der Waals surface area contributed by atoms with Crippen molar-refractivity contribution in [2.45, 2.75) is 19.8 Å². The Morgan fingerprint density at radius 3 is 2.35 bits per heavy atom. The molecule has 0 fully saturated rings. The maximum Gasteiger partial charge on any atom is 0.339 e. The quantitative estimate of drug-likeness (QED) is 0.241. The topological polar surface area (TPSA) is 94.8 Å². The van der Waals surface area contributed by atoms with Crippen LogP contribution >= 0.6 is 0 Å². The SMILES string of the molecule is COc1ccc2c(C)c(CCC(=O)Oc3ccc(NC(=O)c4ccccc4)cc3)c(=O)oc2c1. The molecule has 3 aromatic carbocycles. The van der Waals surface area contributed by atoms with Crippen molar-refractivity contribution < 1.29 is 23.5 Å². The number of nitrogens with one attached hydrogen (secondary N) is 1. The molecule has 7 heteroatoms. The minimum atomic E-state index is -0.482. The van der Waals surface area contributed by atoms with Gasteiger partial charge in [0.15, 0.2) is 0 Å². The van der Waals surface area contributed by atoms with Gasteiger partial charge in [-0.05, 0) is 67.4 Å². The number of rotatable bonds is 7. The lowest BCUT2D eigenvalue weighted by Crippen LogP contribution is -2.15. The van der Waals surface area contributed by atoms with E-state index in [1.165, 1.54) is 0 Å². The average Bonchev–Trinajstić information content (AvgIpc) is 2.85. The normalized spacial score (nSPS) is 10.6. The number of anilines is 1. The van der Waals surface area contributed by atoms with Crippen LogP contribution in [0.4, 0.5) is 5.69 Å². The Balaban J connectivity index is 1.37. The highest BCUT2D eigenvalue weighted by atomic mass is 16.5. The zero-order valence-electron chi connectivity index (χ0n) is 18.8. The summed E-state index contributed by atoms with van der Waals surface area (Å²) in [4.78, 5) is 37.1. The molecular weight excluding hydrogens is 434 g/mol. The molecule has 0 bridgehead atoms. The summed E-state index contributed by atoms with van der Waals surface area (Å²) in [6.45, 7) is 1.83.